The number of nitrogens with zero attached hydrogens (tertiary/aromatic N) is 2. The van der Waals surface area contributed by atoms with Gasteiger partial charge in [0, 0.05) is 24.5 Å². The smallest absolute Gasteiger partial charge is 0.115 e. The van der Waals surface area contributed by atoms with E-state index in [-0.39, 0.29) is 0 Å². The third-order valence-corrected chi connectivity index (χ3v) is 1.50. The third-order valence-electron chi connectivity index (χ3n) is 1.50. The molecule has 66 valence electrons. The molecule has 0 aliphatic heterocycles. The summed E-state index contributed by atoms with van der Waals surface area (Å²) in [6.45, 7) is 2.50. The summed E-state index contributed by atoms with van der Waals surface area (Å²) >= 11 is 0. The zero-order valence-corrected chi connectivity index (χ0v) is 7.03. The molecule has 0 aromatic carbocycles. The summed E-state index contributed by atoms with van der Waals surface area (Å²) in [4.78, 5) is 7.82. The molecule has 0 saturated carbocycles. The largest absolute Gasteiger partial charge is 0.330 e. The molecular weight excluding hydrogens is 152 g/mol. The Labute approximate surface area is 72.2 Å². The summed E-state index contributed by atoms with van der Waals surface area (Å²) in [6, 6.07) is 0. The van der Waals surface area contributed by atoms with Crippen molar-refractivity contribution in [3.8, 4) is 0 Å². The van der Waals surface area contributed by atoms with E-state index >= 15 is 0 Å². The van der Waals surface area contributed by atoms with Crippen LogP contribution >= 0.6 is 0 Å². The SMILES string of the molecule is NCCCNCc1cncnc1. The first-order valence-corrected chi connectivity index (χ1v) is 4.08. The molecule has 0 radical (unpaired) electrons. The molecule has 0 amide bonds. The van der Waals surface area contributed by atoms with Gasteiger partial charge in [-0.15, -0.1) is 0 Å². The van der Waals surface area contributed by atoms with Gasteiger partial charge < -0.3 is 11.1 Å². The molecular formula is C8H14N4. The summed E-state index contributed by atoms with van der Waals surface area (Å²) in [6.07, 6.45) is 6.15. The van der Waals surface area contributed by atoms with Gasteiger partial charge in [0.25, 0.3) is 0 Å². The summed E-state index contributed by atoms with van der Waals surface area (Å²) in [5.74, 6) is 0. The molecule has 0 aliphatic rings. The fourth-order valence-corrected chi connectivity index (χ4v) is 0.881. The van der Waals surface area contributed by atoms with Gasteiger partial charge in [0.2, 0.25) is 0 Å². The molecule has 0 saturated heterocycles. The number of hydrogen-bond donors (Lipinski definition) is 2. The monoisotopic (exact) mass is 166 g/mol. The normalized spacial score (nSPS) is 10.1. The van der Waals surface area contributed by atoms with E-state index in [0.29, 0.717) is 0 Å². The fourth-order valence-electron chi connectivity index (χ4n) is 0.881. The van der Waals surface area contributed by atoms with Crippen molar-refractivity contribution in [3.63, 3.8) is 0 Å². The molecule has 1 aromatic rings. The average Bonchev–Trinajstić information content (AvgIpc) is 2.14. The number of nitrogens with one attached hydrogen (secondary N) is 1. The van der Waals surface area contributed by atoms with Crippen molar-refractivity contribution in [3.05, 3.63) is 24.3 Å². The van der Waals surface area contributed by atoms with E-state index in [1.54, 1.807) is 0 Å². The summed E-state index contributed by atoms with van der Waals surface area (Å²) in [5.41, 5.74) is 6.45. The Bertz CT molecular complexity index is 199. The molecule has 0 bridgehead atoms. The Morgan fingerprint density at radius 1 is 1.33 bits per heavy atom. The third kappa shape index (κ3) is 3.41. The molecule has 0 atom stereocenters. The fraction of sp³-hybridized carbons (Fsp3) is 0.500. The quantitative estimate of drug-likeness (QED) is 0.600. The highest BCUT2D eigenvalue weighted by atomic mass is 14.9. The number of rotatable bonds is 5. The second-order valence-corrected chi connectivity index (χ2v) is 2.57. The standard InChI is InChI=1S/C8H14N4/c9-2-1-3-10-4-8-5-11-7-12-6-8/h5-7,10H,1-4,9H2. The molecule has 0 spiro atoms. The highest BCUT2D eigenvalue weighted by Crippen LogP contribution is 1.90. The molecule has 4 nitrogen and oxygen atoms in total. The lowest BCUT2D eigenvalue weighted by molar-refractivity contribution is 0.652. The van der Waals surface area contributed by atoms with E-state index in [1.165, 1.54) is 6.33 Å². The second kappa shape index (κ2) is 5.62. The predicted molar refractivity (Wildman–Crippen MR) is 47.4 cm³/mol. The number of nitrogens with two attached hydrogens (primary N) is 1. The molecule has 1 rings (SSSR count). The van der Waals surface area contributed by atoms with Gasteiger partial charge in [0.15, 0.2) is 0 Å². The Morgan fingerprint density at radius 3 is 2.75 bits per heavy atom. The highest BCUT2D eigenvalue weighted by Gasteiger charge is 1.90. The van der Waals surface area contributed by atoms with E-state index in [4.69, 9.17) is 5.73 Å². The molecule has 0 fully saturated rings. The van der Waals surface area contributed by atoms with Crippen molar-refractivity contribution in [2.75, 3.05) is 13.1 Å². The zero-order chi connectivity index (χ0) is 8.65. The van der Waals surface area contributed by atoms with Gasteiger partial charge in [0.05, 0.1) is 0 Å². The van der Waals surface area contributed by atoms with Crippen molar-refractivity contribution in [2.24, 2.45) is 5.73 Å². The van der Waals surface area contributed by atoms with Gasteiger partial charge in [-0.25, -0.2) is 9.97 Å². The van der Waals surface area contributed by atoms with Gasteiger partial charge in [-0.05, 0) is 19.5 Å². The van der Waals surface area contributed by atoms with Gasteiger partial charge in [-0.2, -0.15) is 0 Å². The van der Waals surface area contributed by atoms with Crippen LogP contribution in [-0.4, -0.2) is 23.1 Å². The minimum Gasteiger partial charge on any atom is -0.330 e. The summed E-state index contributed by atoms with van der Waals surface area (Å²) in [7, 11) is 0. The Morgan fingerprint density at radius 2 is 2.08 bits per heavy atom. The minimum atomic E-state index is 0.734. The highest BCUT2D eigenvalue weighted by molar-refractivity contribution is 5.01. The van der Waals surface area contributed by atoms with E-state index in [1.807, 2.05) is 12.4 Å². The minimum absolute atomic E-state index is 0.734. The molecule has 3 N–H and O–H groups in total. The van der Waals surface area contributed by atoms with Gasteiger partial charge in [0.1, 0.15) is 6.33 Å². The van der Waals surface area contributed by atoms with Crippen molar-refractivity contribution in [2.45, 2.75) is 13.0 Å². The summed E-state index contributed by atoms with van der Waals surface area (Å²) in [5, 5.41) is 3.24. The van der Waals surface area contributed by atoms with Gasteiger partial charge >= 0.3 is 0 Å². The van der Waals surface area contributed by atoms with Crippen LogP contribution in [0.2, 0.25) is 0 Å². The Hall–Kier alpha value is -1.00. The lowest BCUT2D eigenvalue weighted by Gasteiger charge is -2.01. The molecule has 4 heteroatoms. The van der Waals surface area contributed by atoms with Crippen LogP contribution in [0.15, 0.2) is 18.7 Å². The molecule has 0 aliphatic carbocycles. The molecule has 1 heterocycles. The molecule has 12 heavy (non-hydrogen) atoms. The van der Waals surface area contributed by atoms with Crippen LogP contribution in [0, 0.1) is 0 Å². The Kier molecular flexibility index (Phi) is 4.26. The number of aromatic nitrogens is 2. The first-order valence-electron chi connectivity index (χ1n) is 4.08. The van der Waals surface area contributed by atoms with Gasteiger partial charge in [-0.1, -0.05) is 0 Å². The van der Waals surface area contributed by atoms with Crippen LogP contribution in [-0.2, 0) is 6.54 Å². The van der Waals surface area contributed by atoms with Crippen LogP contribution in [0.1, 0.15) is 12.0 Å². The van der Waals surface area contributed by atoms with Crippen LogP contribution in [0.25, 0.3) is 0 Å². The maximum Gasteiger partial charge on any atom is 0.115 e. The van der Waals surface area contributed by atoms with Crippen LogP contribution in [0.4, 0.5) is 0 Å². The van der Waals surface area contributed by atoms with Crippen molar-refractivity contribution in [1.82, 2.24) is 15.3 Å². The van der Waals surface area contributed by atoms with Crippen LogP contribution in [0.3, 0.4) is 0 Å². The van der Waals surface area contributed by atoms with Crippen molar-refractivity contribution in [1.29, 1.82) is 0 Å². The van der Waals surface area contributed by atoms with E-state index in [0.717, 1.165) is 31.6 Å². The maximum absolute atomic E-state index is 5.34. The molecule has 1 aromatic heterocycles. The first kappa shape index (κ1) is 9.09. The summed E-state index contributed by atoms with van der Waals surface area (Å²) < 4.78 is 0. The van der Waals surface area contributed by atoms with E-state index < -0.39 is 0 Å². The topological polar surface area (TPSA) is 63.8 Å². The maximum atomic E-state index is 5.34. The predicted octanol–water partition coefficient (Wildman–Crippen LogP) is -0.0850. The Balaban J connectivity index is 2.16. The van der Waals surface area contributed by atoms with E-state index in [2.05, 4.69) is 15.3 Å². The van der Waals surface area contributed by atoms with E-state index in [9.17, 15) is 0 Å². The first-order chi connectivity index (χ1) is 5.93. The van der Waals surface area contributed by atoms with Crippen molar-refractivity contribution < 1.29 is 0 Å². The van der Waals surface area contributed by atoms with Crippen LogP contribution < -0.4 is 11.1 Å². The van der Waals surface area contributed by atoms with Crippen molar-refractivity contribution >= 4 is 0 Å². The second-order valence-electron chi connectivity index (χ2n) is 2.57. The molecule has 0 unspecified atom stereocenters. The number of hydrogen-bond acceptors (Lipinski definition) is 4. The lowest BCUT2D eigenvalue weighted by Crippen LogP contribution is -2.17. The zero-order valence-electron chi connectivity index (χ0n) is 7.03. The average molecular weight is 166 g/mol. The van der Waals surface area contributed by atoms with Gasteiger partial charge in [-0.3, -0.25) is 0 Å². The lowest BCUT2D eigenvalue weighted by atomic mass is 10.3. The van der Waals surface area contributed by atoms with Crippen LogP contribution in [0.5, 0.6) is 0 Å².